The Balaban J connectivity index is 1.78. The summed E-state index contributed by atoms with van der Waals surface area (Å²) in [5.74, 6) is 0.868. The lowest BCUT2D eigenvalue weighted by Crippen LogP contribution is -2.34. The molecule has 1 saturated heterocycles. The lowest BCUT2D eigenvalue weighted by molar-refractivity contribution is -0.130. The van der Waals surface area contributed by atoms with E-state index < -0.39 is 0 Å². The zero-order valence-corrected chi connectivity index (χ0v) is 15.2. The van der Waals surface area contributed by atoms with Gasteiger partial charge in [0.2, 0.25) is 5.91 Å². The summed E-state index contributed by atoms with van der Waals surface area (Å²) < 4.78 is 1.34. The van der Waals surface area contributed by atoms with E-state index in [0.29, 0.717) is 11.1 Å². The van der Waals surface area contributed by atoms with Crippen LogP contribution in [0.2, 0.25) is 0 Å². The van der Waals surface area contributed by atoms with Gasteiger partial charge in [-0.05, 0) is 31.2 Å². The van der Waals surface area contributed by atoms with Crippen LogP contribution in [-0.4, -0.2) is 33.7 Å². The molecule has 3 rings (SSSR count). The summed E-state index contributed by atoms with van der Waals surface area (Å²) in [6, 6.07) is 7.41. The van der Waals surface area contributed by atoms with E-state index in [-0.39, 0.29) is 17.9 Å². The fourth-order valence-corrected chi connectivity index (χ4v) is 3.87. The van der Waals surface area contributed by atoms with Gasteiger partial charge < -0.3 is 4.90 Å². The summed E-state index contributed by atoms with van der Waals surface area (Å²) in [6.07, 6.45) is 6.13. The van der Waals surface area contributed by atoms with E-state index in [1.165, 1.54) is 23.9 Å². The van der Waals surface area contributed by atoms with E-state index in [0.717, 1.165) is 37.2 Å². The molecular weight excluding hydrogens is 314 g/mol. The first-order chi connectivity index (χ1) is 12.1. The predicted octanol–water partition coefficient (Wildman–Crippen LogP) is 2.90. The van der Waals surface area contributed by atoms with E-state index >= 15 is 0 Å². The van der Waals surface area contributed by atoms with Crippen LogP contribution in [0.3, 0.4) is 0 Å². The van der Waals surface area contributed by atoms with Crippen molar-refractivity contribution < 1.29 is 4.79 Å². The number of hydrogen-bond donors (Lipinski definition) is 0. The Hall–Kier alpha value is -2.17. The van der Waals surface area contributed by atoms with Crippen molar-refractivity contribution >= 4 is 16.7 Å². The number of aryl methyl sites for hydroxylation is 1. The van der Waals surface area contributed by atoms with Crippen LogP contribution in [0, 0.1) is 5.92 Å². The molecule has 134 valence electrons. The highest BCUT2D eigenvalue weighted by atomic mass is 16.2. The van der Waals surface area contributed by atoms with E-state index in [1.54, 1.807) is 13.1 Å². The van der Waals surface area contributed by atoms with Gasteiger partial charge in [-0.25, -0.2) is 4.68 Å². The van der Waals surface area contributed by atoms with E-state index in [4.69, 9.17) is 0 Å². The third-order valence-corrected chi connectivity index (χ3v) is 5.25. The monoisotopic (exact) mass is 341 g/mol. The third kappa shape index (κ3) is 3.91. The number of likely N-dealkylation sites (tertiary alicyclic amines) is 1. The molecule has 0 N–H and O–H groups in total. The van der Waals surface area contributed by atoms with Gasteiger partial charge in [0, 0.05) is 25.5 Å². The highest BCUT2D eigenvalue weighted by Gasteiger charge is 2.21. The molecule has 5 heteroatoms. The van der Waals surface area contributed by atoms with Gasteiger partial charge in [0.1, 0.15) is 0 Å². The van der Waals surface area contributed by atoms with Gasteiger partial charge >= 0.3 is 0 Å². The van der Waals surface area contributed by atoms with Crippen LogP contribution in [-0.2, 0) is 18.3 Å². The second-order valence-electron chi connectivity index (χ2n) is 7.06. The standard InChI is InChI=1S/C20H27N3O2/c1-3-7-15-8-6-12-23(13-11-15)19(24)14-18-16-9-4-5-10-17(16)20(25)22(2)21-18/h4-5,9-10,15H,3,6-8,11-14H2,1-2H3. The SMILES string of the molecule is CCCC1CCCN(C(=O)Cc2nn(C)c(=O)c3ccccc23)CC1. The minimum atomic E-state index is -0.121. The smallest absolute Gasteiger partial charge is 0.274 e. The van der Waals surface area contributed by atoms with Crippen molar-refractivity contribution in [2.24, 2.45) is 13.0 Å². The van der Waals surface area contributed by atoms with Crippen molar-refractivity contribution in [3.8, 4) is 0 Å². The number of amides is 1. The van der Waals surface area contributed by atoms with E-state index in [1.807, 2.05) is 23.1 Å². The van der Waals surface area contributed by atoms with Gasteiger partial charge in [0.15, 0.2) is 0 Å². The second kappa shape index (κ2) is 7.81. The Kier molecular flexibility index (Phi) is 5.51. The summed E-state index contributed by atoms with van der Waals surface area (Å²) in [5.41, 5.74) is 0.570. The highest BCUT2D eigenvalue weighted by molar-refractivity contribution is 5.88. The van der Waals surface area contributed by atoms with Crippen LogP contribution in [0.4, 0.5) is 0 Å². The summed E-state index contributed by atoms with van der Waals surface area (Å²) in [4.78, 5) is 27.0. The number of hydrogen-bond acceptors (Lipinski definition) is 3. The quantitative estimate of drug-likeness (QED) is 0.859. The average Bonchev–Trinajstić information content (AvgIpc) is 2.85. The zero-order valence-electron chi connectivity index (χ0n) is 15.2. The van der Waals surface area contributed by atoms with Gasteiger partial charge in [0.25, 0.3) is 5.56 Å². The van der Waals surface area contributed by atoms with Gasteiger partial charge in [-0.1, -0.05) is 38.0 Å². The Morgan fingerprint density at radius 2 is 1.96 bits per heavy atom. The van der Waals surface area contributed by atoms with Crippen molar-refractivity contribution in [2.45, 2.75) is 45.4 Å². The number of carbonyl (C=O) groups excluding carboxylic acids is 1. The molecule has 1 aliphatic rings. The molecule has 0 radical (unpaired) electrons. The van der Waals surface area contributed by atoms with Gasteiger partial charge in [-0.2, -0.15) is 5.10 Å². The van der Waals surface area contributed by atoms with E-state index in [9.17, 15) is 9.59 Å². The first-order valence-electron chi connectivity index (χ1n) is 9.33. The van der Waals surface area contributed by atoms with Crippen molar-refractivity contribution in [3.05, 3.63) is 40.3 Å². The number of nitrogens with zero attached hydrogens (tertiary/aromatic N) is 3. The maximum Gasteiger partial charge on any atom is 0.274 e. The van der Waals surface area contributed by atoms with Crippen molar-refractivity contribution in [1.82, 2.24) is 14.7 Å². The minimum absolute atomic E-state index is 0.119. The third-order valence-electron chi connectivity index (χ3n) is 5.25. The number of rotatable bonds is 4. The van der Waals surface area contributed by atoms with Crippen LogP contribution in [0.1, 0.15) is 44.7 Å². The molecule has 1 amide bonds. The van der Waals surface area contributed by atoms with Crippen LogP contribution in [0.25, 0.3) is 10.8 Å². The molecular formula is C20H27N3O2. The zero-order chi connectivity index (χ0) is 17.8. The maximum absolute atomic E-state index is 12.8. The Morgan fingerprint density at radius 1 is 1.20 bits per heavy atom. The molecule has 1 unspecified atom stereocenters. The van der Waals surface area contributed by atoms with Gasteiger partial charge in [0.05, 0.1) is 17.5 Å². The summed E-state index contributed by atoms with van der Waals surface area (Å²) >= 11 is 0. The molecule has 1 aromatic heterocycles. The van der Waals surface area contributed by atoms with Crippen LogP contribution in [0.5, 0.6) is 0 Å². The van der Waals surface area contributed by atoms with Crippen molar-refractivity contribution in [1.29, 1.82) is 0 Å². The van der Waals surface area contributed by atoms with Crippen molar-refractivity contribution in [3.63, 3.8) is 0 Å². The molecule has 1 aliphatic heterocycles. The highest BCUT2D eigenvalue weighted by Crippen LogP contribution is 2.22. The minimum Gasteiger partial charge on any atom is -0.342 e. The molecule has 2 aromatic rings. The molecule has 25 heavy (non-hydrogen) atoms. The fourth-order valence-electron chi connectivity index (χ4n) is 3.87. The first kappa shape index (κ1) is 17.6. The number of aromatic nitrogens is 2. The van der Waals surface area contributed by atoms with Crippen LogP contribution < -0.4 is 5.56 Å². The summed E-state index contributed by atoms with van der Waals surface area (Å²) in [6.45, 7) is 3.90. The Morgan fingerprint density at radius 3 is 2.72 bits per heavy atom. The molecule has 0 bridgehead atoms. The Bertz CT molecular complexity index is 812. The molecule has 0 saturated carbocycles. The van der Waals surface area contributed by atoms with Gasteiger partial charge in [-0.3, -0.25) is 9.59 Å². The lowest BCUT2D eigenvalue weighted by atomic mass is 9.96. The molecule has 5 nitrogen and oxygen atoms in total. The maximum atomic E-state index is 12.8. The summed E-state index contributed by atoms with van der Waals surface area (Å²) in [7, 11) is 1.64. The second-order valence-corrected chi connectivity index (χ2v) is 7.06. The lowest BCUT2D eigenvalue weighted by Gasteiger charge is -2.21. The van der Waals surface area contributed by atoms with E-state index in [2.05, 4.69) is 12.0 Å². The normalized spacial score (nSPS) is 18.3. The number of benzene rings is 1. The van der Waals surface area contributed by atoms with Gasteiger partial charge in [-0.15, -0.1) is 0 Å². The predicted molar refractivity (Wildman–Crippen MR) is 99.5 cm³/mol. The van der Waals surface area contributed by atoms with Crippen LogP contribution in [0.15, 0.2) is 29.1 Å². The largest absolute Gasteiger partial charge is 0.342 e. The van der Waals surface area contributed by atoms with Crippen molar-refractivity contribution in [2.75, 3.05) is 13.1 Å². The molecule has 1 aromatic carbocycles. The molecule has 0 aliphatic carbocycles. The summed E-state index contributed by atoms with van der Waals surface area (Å²) in [5, 5.41) is 5.78. The average molecular weight is 341 g/mol. The topological polar surface area (TPSA) is 55.2 Å². The molecule has 1 atom stereocenters. The molecule has 1 fully saturated rings. The molecule has 2 heterocycles. The fraction of sp³-hybridized carbons (Fsp3) is 0.550. The number of carbonyl (C=O) groups is 1. The number of fused-ring (bicyclic) bond motifs is 1. The Labute approximate surface area is 148 Å². The molecule has 0 spiro atoms. The first-order valence-corrected chi connectivity index (χ1v) is 9.33. The van der Waals surface area contributed by atoms with Crippen LogP contribution >= 0.6 is 0 Å².